The number of anilines is 1. The molecule has 1 aliphatic heterocycles. The highest BCUT2D eigenvalue weighted by Crippen LogP contribution is 2.41. The molecular weight excluding hydrogens is 371 g/mol. The van der Waals surface area contributed by atoms with Gasteiger partial charge in [0.1, 0.15) is 29.5 Å². The number of benzene rings is 1. The molecule has 8 heteroatoms. The summed E-state index contributed by atoms with van der Waals surface area (Å²) in [6.07, 6.45) is 5.01. The number of nitriles is 1. The van der Waals surface area contributed by atoms with E-state index in [0.29, 0.717) is 17.2 Å². The monoisotopic (exact) mass is 392 g/mol. The van der Waals surface area contributed by atoms with Crippen molar-refractivity contribution in [2.75, 3.05) is 25.1 Å². The predicted octanol–water partition coefficient (Wildman–Crippen LogP) is 3.28. The molecule has 2 aromatic heterocycles. The van der Waals surface area contributed by atoms with Crippen LogP contribution in [0.25, 0.3) is 11.1 Å². The molecule has 0 unspecified atom stereocenters. The lowest BCUT2D eigenvalue weighted by Crippen LogP contribution is -2.34. The number of piperidine rings is 1. The molecular formula is C21H21FN6O. The Kier molecular flexibility index (Phi) is 5.12. The van der Waals surface area contributed by atoms with Crippen LogP contribution < -0.4 is 9.64 Å². The standard InChI is InChI=1S/C21H21FN6O/c1-27-13-25-26-21(27)14-7-9-28(10-8-14)20-16(15-3-6-19(22)24-12-15)4-5-18(29-2)17(20)11-23/h3-6,12-14H,7-10H2,1-2H3. The molecule has 1 saturated heterocycles. The van der Waals surface area contributed by atoms with Crippen LogP contribution in [-0.4, -0.2) is 39.9 Å². The van der Waals surface area contributed by atoms with E-state index in [2.05, 4.69) is 26.2 Å². The van der Waals surface area contributed by atoms with E-state index in [9.17, 15) is 9.65 Å². The fraction of sp³-hybridized carbons (Fsp3) is 0.333. The van der Waals surface area contributed by atoms with E-state index in [1.54, 1.807) is 25.6 Å². The summed E-state index contributed by atoms with van der Waals surface area (Å²) in [6.45, 7) is 1.53. The number of hydrogen-bond acceptors (Lipinski definition) is 6. The van der Waals surface area contributed by atoms with E-state index >= 15 is 0 Å². The Labute approximate surface area is 168 Å². The lowest BCUT2D eigenvalue weighted by molar-refractivity contribution is 0.413. The number of methoxy groups -OCH3 is 1. The number of hydrogen-bond donors (Lipinski definition) is 0. The smallest absolute Gasteiger partial charge is 0.212 e. The normalized spacial score (nSPS) is 14.6. The first kappa shape index (κ1) is 18.9. The number of pyridine rings is 1. The maximum absolute atomic E-state index is 13.3. The van der Waals surface area contributed by atoms with Gasteiger partial charge in [-0.3, -0.25) is 0 Å². The number of aromatic nitrogens is 4. The average molecular weight is 392 g/mol. The molecule has 4 rings (SSSR count). The molecule has 1 aliphatic rings. The summed E-state index contributed by atoms with van der Waals surface area (Å²) in [5, 5.41) is 18.1. The van der Waals surface area contributed by atoms with E-state index in [1.807, 2.05) is 17.7 Å². The van der Waals surface area contributed by atoms with Crippen LogP contribution in [0.1, 0.15) is 30.1 Å². The second-order valence-electron chi connectivity index (χ2n) is 7.08. The van der Waals surface area contributed by atoms with Crippen LogP contribution in [0.15, 0.2) is 36.8 Å². The van der Waals surface area contributed by atoms with E-state index in [1.165, 1.54) is 12.3 Å². The Balaban J connectivity index is 1.71. The van der Waals surface area contributed by atoms with Gasteiger partial charge in [-0.1, -0.05) is 0 Å². The Morgan fingerprint density at radius 2 is 2.00 bits per heavy atom. The van der Waals surface area contributed by atoms with Gasteiger partial charge in [0.15, 0.2) is 0 Å². The third kappa shape index (κ3) is 3.51. The highest BCUT2D eigenvalue weighted by atomic mass is 19.1. The van der Waals surface area contributed by atoms with Crippen molar-refractivity contribution >= 4 is 5.69 Å². The van der Waals surface area contributed by atoms with Crippen LogP contribution in [-0.2, 0) is 7.05 Å². The van der Waals surface area contributed by atoms with Crippen molar-refractivity contribution in [3.63, 3.8) is 0 Å². The minimum absolute atomic E-state index is 0.325. The van der Waals surface area contributed by atoms with Crippen molar-refractivity contribution in [2.45, 2.75) is 18.8 Å². The van der Waals surface area contributed by atoms with Gasteiger partial charge in [-0.15, -0.1) is 10.2 Å². The molecule has 0 saturated carbocycles. The average Bonchev–Trinajstić information content (AvgIpc) is 3.19. The van der Waals surface area contributed by atoms with Crippen molar-refractivity contribution in [1.82, 2.24) is 19.7 Å². The molecule has 3 heterocycles. The maximum atomic E-state index is 13.3. The zero-order valence-electron chi connectivity index (χ0n) is 16.3. The molecule has 0 N–H and O–H groups in total. The van der Waals surface area contributed by atoms with Crippen LogP contribution in [0.2, 0.25) is 0 Å². The maximum Gasteiger partial charge on any atom is 0.212 e. The zero-order chi connectivity index (χ0) is 20.4. The van der Waals surface area contributed by atoms with Crippen molar-refractivity contribution in [1.29, 1.82) is 5.26 Å². The highest BCUT2D eigenvalue weighted by molar-refractivity contribution is 5.85. The Morgan fingerprint density at radius 3 is 2.59 bits per heavy atom. The summed E-state index contributed by atoms with van der Waals surface area (Å²) in [5.41, 5.74) is 2.88. The first-order chi connectivity index (χ1) is 14.1. The number of aryl methyl sites for hydroxylation is 1. The second kappa shape index (κ2) is 7.87. The highest BCUT2D eigenvalue weighted by Gasteiger charge is 2.28. The van der Waals surface area contributed by atoms with Gasteiger partial charge in [0, 0.05) is 43.4 Å². The molecule has 0 atom stereocenters. The largest absolute Gasteiger partial charge is 0.495 e. The molecule has 29 heavy (non-hydrogen) atoms. The molecule has 0 spiro atoms. The molecule has 0 aliphatic carbocycles. The Morgan fingerprint density at radius 1 is 1.21 bits per heavy atom. The summed E-state index contributed by atoms with van der Waals surface area (Å²) in [5.74, 6) is 1.30. The van der Waals surface area contributed by atoms with Gasteiger partial charge in [0.2, 0.25) is 5.95 Å². The van der Waals surface area contributed by atoms with Crippen molar-refractivity contribution in [3.05, 3.63) is 54.1 Å². The van der Waals surface area contributed by atoms with E-state index in [-0.39, 0.29) is 0 Å². The van der Waals surface area contributed by atoms with Crippen LogP contribution >= 0.6 is 0 Å². The molecule has 7 nitrogen and oxygen atoms in total. The van der Waals surface area contributed by atoms with Crippen LogP contribution in [0, 0.1) is 17.3 Å². The summed E-state index contributed by atoms with van der Waals surface area (Å²) in [6, 6.07) is 8.98. The fourth-order valence-electron chi connectivity index (χ4n) is 3.97. The van der Waals surface area contributed by atoms with Crippen LogP contribution in [0.3, 0.4) is 0 Å². The Hall–Kier alpha value is -3.47. The molecule has 3 aromatic rings. The lowest BCUT2D eigenvalue weighted by Gasteiger charge is -2.35. The van der Waals surface area contributed by atoms with Gasteiger partial charge in [-0.25, -0.2) is 4.98 Å². The molecule has 148 valence electrons. The van der Waals surface area contributed by atoms with Gasteiger partial charge in [0.05, 0.1) is 12.8 Å². The summed E-state index contributed by atoms with van der Waals surface area (Å²) < 4.78 is 20.7. The first-order valence-corrected chi connectivity index (χ1v) is 9.44. The van der Waals surface area contributed by atoms with Crippen molar-refractivity contribution < 1.29 is 9.13 Å². The third-order valence-corrected chi connectivity index (χ3v) is 5.43. The van der Waals surface area contributed by atoms with Gasteiger partial charge in [-0.05, 0) is 37.1 Å². The van der Waals surface area contributed by atoms with Gasteiger partial charge < -0.3 is 14.2 Å². The Bertz CT molecular complexity index is 1050. The minimum Gasteiger partial charge on any atom is -0.495 e. The molecule has 0 radical (unpaired) electrons. The molecule has 0 amide bonds. The predicted molar refractivity (Wildman–Crippen MR) is 106 cm³/mol. The summed E-state index contributed by atoms with van der Waals surface area (Å²) in [4.78, 5) is 5.98. The second-order valence-corrected chi connectivity index (χ2v) is 7.08. The SMILES string of the molecule is COc1ccc(-c2ccc(F)nc2)c(N2CCC(c3nncn3C)CC2)c1C#N. The number of nitrogens with zero attached hydrogens (tertiary/aromatic N) is 6. The summed E-state index contributed by atoms with van der Waals surface area (Å²) >= 11 is 0. The van der Waals surface area contributed by atoms with E-state index in [4.69, 9.17) is 4.74 Å². The third-order valence-electron chi connectivity index (χ3n) is 5.43. The topological polar surface area (TPSA) is 79.9 Å². The number of halogens is 1. The number of ether oxygens (including phenoxy) is 1. The molecule has 1 fully saturated rings. The van der Waals surface area contributed by atoms with Crippen molar-refractivity contribution in [3.8, 4) is 22.9 Å². The van der Waals surface area contributed by atoms with E-state index < -0.39 is 5.95 Å². The minimum atomic E-state index is -0.534. The fourth-order valence-corrected chi connectivity index (χ4v) is 3.97. The summed E-state index contributed by atoms with van der Waals surface area (Å²) in [7, 11) is 3.51. The van der Waals surface area contributed by atoms with Crippen LogP contribution in [0.4, 0.5) is 10.1 Å². The lowest BCUT2D eigenvalue weighted by atomic mass is 9.93. The van der Waals surface area contributed by atoms with Crippen LogP contribution in [0.5, 0.6) is 5.75 Å². The van der Waals surface area contributed by atoms with Gasteiger partial charge >= 0.3 is 0 Å². The first-order valence-electron chi connectivity index (χ1n) is 9.44. The quantitative estimate of drug-likeness (QED) is 0.634. The van der Waals surface area contributed by atoms with Crippen molar-refractivity contribution in [2.24, 2.45) is 7.05 Å². The van der Waals surface area contributed by atoms with Gasteiger partial charge in [-0.2, -0.15) is 9.65 Å². The zero-order valence-corrected chi connectivity index (χ0v) is 16.3. The van der Waals surface area contributed by atoms with E-state index in [0.717, 1.165) is 48.6 Å². The number of rotatable bonds is 4. The van der Waals surface area contributed by atoms with Gasteiger partial charge in [0.25, 0.3) is 0 Å². The molecule has 1 aromatic carbocycles. The molecule has 0 bridgehead atoms.